The summed E-state index contributed by atoms with van der Waals surface area (Å²) >= 11 is 3.39. The number of phenols is 1. The van der Waals surface area contributed by atoms with Crippen LogP contribution in [-0.4, -0.2) is 31.7 Å². The highest BCUT2D eigenvalue weighted by Crippen LogP contribution is 2.38. The summed E-state index contributed by atoms with van der Waals surface area (Å²) in [4.78, 5) is 12.9. The van der Waals surface area contributed by atoms with Crippen molar-refractivity contribution in [1.82, 2.24) is 0 Å². The Balaban J connectivity index is 2.05. The van der Waals surface area contributed by atoms with Crippen LogP contribution >= 0.6 is 15.9 Å². The van der Waals surface area contributed by atoms with Crippen molar-refractivity contribution in [2.24, 2.45) is 0 Å². The zero-order chi connectivity index (χ0) is 18.0. The molecule has 5 nitrogen and oxygen atoms in total. The molecule has 0 bridgehead atoms. The fourth-order valence-corrected chi connectivity index (χ4v) is 3.06. The van der Waals surface area contributed by atoms with Gasteiger partial charge in [0.05, 0.1) is 26.4 Å². The number of fused-ring (bicyclic) bond motifs is 1. The molecule has 1 heterocycles. The van der Waals surface area contributed by atoms with Gasteiger partial charge in [-0.25, -0.2) is 0 Å². The first-order valence-electron chi connectivity index (χ1n) is 7.66. The van der Waals surface area contributed by atoms with E-state index in [0.717, 1.165) is 4.47 Å². The number of Topliss-reactive ketones (excluding diaryl/α,β-unsaturated/α-hetero) is 1. The Labute approximate surface area is 154 Å². The van der Waals surface area contributed by atoms with Crippen molar-refractivity contribution in [1.29, 1.82) is 0 Å². The minimum absolute atomic E-state index is 0.0723. The summed E-state index contributed by atoms with van der Waals surface area (Å²) < 4.78 is 16.8. The van der Waals surface area contributed by atoms with Gasteiger partial charge in [-0.1, -0.05) is 15.9 Å². The Hall–Kier alpha value is -2.47. The molecule has 6 heteroatoms. The van der Waals surface area contributed by atoms with Gasteiger partial charge in [0.2, 0.25) is 5.75 Å². The van der Waals surface area contributed by atoms with E-state index in [9.17, 15) is 9.90 Å². The molecule has 1 aliphatic heterocycles. The molecule has 0 aromatic heterocycles. The van der Waals surface area contributed by atoms with Crippen molar-refractivity contribution >= 4 is 27.8 Å². The summed E-state index contributed by atoms with van der Waals surface area (Å²) in [6.45, 7) is 0.415. The van der Waals surface area contributed by atoms with E-state index in [2.05, 4.69) is 15.9 Å². The van der Waals surface area contributed by atoms with Gasteiger partial charge in [-0.3, -0.25) is 4.79 Å². The summed E-state index contributed by atoms with van der Waals surface area (Å²) in [6.07, 6.45) is 2.25. The van der Waals surface area contributed by atoms with Crippen molar-refractivity contribution < 1.29 is 24.1 Å². The molecule has 3 rings (SSSR count). The molecular formula is C19H17BrO5. The Bertz CT molecular complexity index is 832. The topological polar surface area (TPSA) is 65.0 Å². The summed E-state index contributed by atoms with van der Waals surface area (Å²) in [5, 5.41) is 10.0. The van der Waals surface area contributed by atoms with E-state index in [-0.39, 0.29) is 23.0 Å². The lowest BCUT2D eigenvalue weighted by molar-refractivity contribution is 0.103. The van der Waals surface area contributed by atoms with Crippen molar-refractivity contribution in [3.63, 3.8) is 0 Å². The van der Waals surface area contributed by atoms with Crippen LogP contribution in [0.15, 0.2) is 40.4 Å². The Morgan fingerprint density at radius 1 is 1.16 bits per heavy atom. The Morgan fingerprint density at radius 2 is 1.84 bits per heavy atom. The third-order valence-corrected chi connectivity index (χ3v) is 4.44. The predicted octanol–water partition coefficient (Wildman–Crippen LogP) is 4.22. The minimum Gasteiger partial charge on any atom is -0.502 e. The highest BCUT2D eigenvalue weighted by Gasteiger charge is 2.22. The highest BCUT2D eigenvalue weighted by molar-refractivity contribution is 9.10. The SMILES string of the molecule is COc1cc(/C=C2/CCOc3ccc(Br)cc3C2=O)cc(OC)c1O. The number of hydrogen-bond acceptors (Lipinski definition) is 5. The monoisotopic (exact) mass is 404 g/mol. The molecule has 0 amide bonds. The van der Waals surface area contributed by atoms with Crippen LogP contribution in [0.3, 0.4) is 0 Å². The second-order valence-electron chi connectivity index (χ2n) is 5.51. The van der Waals surface area contributed by atoms with Gasteiger partial charge in [-0.2, -0.15) is 0 Å². The number of halogens is 1. The first-order valence-corrected chi connectivity index (χ1v) is 8.45. The number of hydrogen-bond donors (Lipinski definition) is 1. The number of benzene rings is 2. The number of phenolic OH excluding ortho intramolecular Hbond substituents is 1. The van der Waals surface area contributed by atoms with Gasteiger partial charge < -0.3 is 19.3 Å². The molecule has 0 fully saturated rings. The Morgan fingerprint density at radius 3 is 2.48 bits per heavy atom. The van der Waals surface area contributed by atoms with E-state index < -0.39 is 0 Å². The third kappa shape index (κ3) is 3.49. The fourth-order valence-electron chi connectivity index (χ4n) is 2.70. The average molecular weight is 405 g/mol. The molecule has 1 N–H and O–H groups in total. The van der Waals surface area contributed by atoms with E-state index in [1.807, 2.05) is 6.07 Å². The number of ketones is 1. The predicted molar refractivity (Wildman–Crippen MR) is 97.8 cm³/mol. The van der Waals surface area contributed by atoms with Crippen LogP contribution < -0.4 is 14.2 Å². The maximum atomic E-state index is 12.9. The van der Waals surface area contributed by atoms with Crippen molar-refractivity contribution in [2.75, 3.05) is 20.8 Å². The van der Waals surface area contributed by atoms with Gasteiger partial charge in [0.1, 0.15) is 5.75 Å². The minimum atomic E-state index is -0.0835. The number of aromatic hydroxyl groups is 1. The van der Waals surface area contributed by atoms with Crippen molar-refractivity contribution in [2.45, 2.75) is 6.42 Å². The van der Waals surface area contributed by atoms with Crippen molar-refractivity contribution in [3.8, 4) is 23.0 Å². The summed E-state index contributed by atoms with van der Waals surface area (Å²) in [6, 6.07) is 8.70. The lowest BCUT2D eigenvalue weighted by atomic mass is 9.99. The van der Waals surface area contributed by atoms with Gasteiger partial charge in [-0.15, -0.1) is 0 Å². The van der Waals surface area contributed by atoms with E-state index in [1.165, 1.54) is 14.2 Å². The van der Waals surface area contributed by atoms with Crippen molar-refractivity contribution in [3.05, 3.63) is 51.5 Å². The molecule has 1 aliphatic rings. The highest BCUT2D eigenvalue weighted by atomic mass is 79.9. The number of carbonyl (C=O) groups is 1. The summed E-state index contributed by atoms with van der Waals surface area (Å²) in [7, 11) is 2.92. The van der Waals surface area contributed by atoms with Crippen LogP contribution in [0, 0.1) is 0 Å². The molecule has 0 saturated carbocycles. The summed E-state index contributed by atoms with van der Waals surface area (Å²) in [5.41, 5.74) is 1.84. The fraction of sp³-hybridized carbons (Fsp3) is 0.211. The zero-order valence-electron chi connectivity index (χ0n) is 13.8. The second-order valence-corrected chi connectivity index (χ2v) is 6.43. The molecule has 2 aromatic rings. The molecule has 0 aliphatic carbocycles. The average Bonchev–Trinajstić information content (AvgIpc) is 2.76. The van der Waals surface area contributed by atoms with Crippen LogP contribution in [0.2, 0.25) is 0 Å². The quantitative estimate of drug-likeness (QED) is 0.775. The smallest absolute Gasteiger partial charge is 0.200 e. The normalized spacial score (nSPS) is 15.3. The van der Waals surface area contributed by atoms with Gasteiger partial charge >= 0.3 is 0 Å². The maximum absolute atomic E-state index is 12.9. The van der Waals surface area contributed by atoms with Crippen LogP contribution in [-0.2, 0) is 0 Å². The zero-order valence-corrected chi connectivity index (χ0v) is 15.4. The number of ether oxygens (including phenoxy) is 3. The molecule has 25 heavy (non-hydrogen) atoms. The number of rotatable bonds is 3. The first-order chi connectivity index (χ1) is 12.0. The lowest BCUT2D eigenvalue weighted by Gasteiger charge is -2.10. The van der Waals surface area contributed by atoms with E-state index in [4.69, 9.17) is 14.2 Å². The van der Waals surface area contributed by atoms with E-state index in [1.54, 1.807) is 30.3 Å². The molecule has 130 valence electrons. The van der Waals surface area contributed by atoms with E-state index in [0.29, 0.717) is 35.5 Å². The molecule has 0 atom stereocenters. The summed E-state index contributed by atoms with van der Waals surface area (Å²) in [5.74, 6) is 0.993. The van der Waals surface area contributed by atoms with Gasteiger partial charge in [0.15, 0.2) is 17.3 Å². The van der Waals surface area contributed by atoms with Crippen LogP contribution in [0.1, 0.15) is 22.3 Å². The lowest BCUT2D eigenvalue weighted by Crippen LogP contribution is -2.02. The van der Waals surface area contributed by atoms with Crippen LogP contribution in [0.5, 0.6) is 23.0 Å². The standard InChI is InChI=1S/C19H17BrO5/c1-23-16-8-11(9-17(24-2)19(16)22)7-12-5-6-25-15-4-3-13(20)10-14(15)18(12)21/h3-4,7-10,22H,5-6H2,1-2H3/b12-7-. The van der Waals surface area contributed by atoms with Crippen LogP contribution in [0.4, 0.5) is 0 Å². The largest absolute Gasteiger partial charge is 0.502 e. The van der Waals surface area contributed by atoms with E-state index >= 15 is 0 Å². The molecule has 0 spiro atoms. The molecule has 0 saturated heterocycles. The van der Waals surface area contributed by atoms with Gasteiger partial charge in [0.25, 0.3) is 0 Å². The second kappa shape index (κ2) is 7.19. The molecular weight excluding hydrogens is 388 g/mol. The van der Waals surface area contributed by atoms with Gasteiger partial charge in [-0.05, 0) is 42.0 Å². The molecule has 0 unspecified atom stereocenters. The Kier molecular flexibility index (Phi) is 4.99. The molecule has 0 radical (unpaired) electrons. The maximum Gasteiger partial charge on any atom is 0.200 e. The number of carbonyl (C=O) groups excluding carboxylic acids is 1. The third-order valence-electron chi connectivity index (χ3n) is 3.95. The first kappa shape index (κ1) is 17.4. The molecule has 2 aromatic carbocycles. The van der Waals surface area contributed by atoms with Gasteiger partial charge in [0, 0.05) is 16.5 Å². The number of methoxy groups -OCH3 is 2. The van der Waals surface area contributed by atoms with Crippen LogP contribution in [0.25, 0.3) is 6.08 Å².